The van der Waals surface area contributed by atoms with Crippen LogP contribution in [0.4, 0.5) is 0 Å². The fourth-order valence-corrected chi connectivity index (χ4v) is 3.80. The van der Waals surface area contributed by atoms with Crippen LogP contribution >= 0.6 is 0 Å². The maximum atomic E-state index is 12.9. The summed E-state index contributed by atoms with van der Waals surface area (Å²) in [5, 5.41) is 2.95. The molecule has 0 unspecified atom stereocenters. The van der Waals surface area contributed by atoms with Crippen molar-refractivity contribution in [3.63, 3.8) is 0 Å². The van der Waals surface area contributed by atoms with Crippen molar-refractivity contribution in [2.75, 3.05) is 0 Å². The quantitative estimate of drug-likeness (QED) is 0.896. The molecular weight excluding hydrogens is 314 g/mol. The van der Waals surface area contributed by atoms with Crippen LogP contribution in [-0.2, 0) is 9.59 Å². The standard InChI is InChI=1S/C21H27NO3/c1-5-13(2)25-18-9-7-6-8-14(18)15-10-19(24)22-16-11-21(3,4)12-17(23)20(15)16/h6-9,13,15H,5,10-12H2,1-4H3,(H,22,24)/t13-,15-/m0/s1. The first-order valence-electron chi connectivity index (χ1n) is 9.12. The Morgan fingerprint density at radius 2 is 1.96 bits per heavy atom. The molecule has 4 nitrogen and oxygen atoms in total. The van der Waals surface area contributed by atoms with Gasteiger partial charge >= 0.3 is 0 Å². The van der Waals surface area contributed by atoms with Gasteiger partial charge in [-0.1, -0.05) is 39.0 Å². The molecule has 1 aromatic rings. The summed E-state index contributed by atoms with van der Waals surface area (Å²) in [6.07, 6.45) is 2.54. The molecule has 0 spiro atoms. The van der Waals surface area contributed by atoms with Crippen LogP contribution in [0.15, 0.2) is 35.5 Å². The Balaban J connectivity index is 2.05. The molecule has 3 rings (SSSR count). The van der Waals surface area contributed by atoms with E-state index < -0.39 is 0 Å². The Labute approximate surface area is 149 Å². The van der Waals surface area contributed by atoms with Crippen LogP contribution in [0, 0.1) is 5.41 Å². The van der Waals surface area contributed by atoms with Gasteiger partial charge in [0.1, 0.15) is 5.75 Å². The van der Waals surface area contributed by atoms with Crippen LogP contribution in [0.2, 0.25) is 0 Å². The maximum Gasteiger partial charge on any atom is 0.225 e. The lowest BCUT2D eigenvalue weighted by molar-refractivity contribution is -0.122. The number of hydrogen-bond acceptors (Lipinski definition) is 3. The summed E-state index contributed by atoms with van der Waals surface area (Å²) in [6.45, 7) is 8.26. The van der Waals surface area contributed by atoms with Gasteiger partial charge in [-0.2, -0.15) is 0 Å². The molecule has 0 fully saturated rings. The lowest BCUT2D eigenvalue weighted by Crippen LogP contribution is -2.40. The van der Waals surface area contributed by atoms with E-state index in [-0.39, 0.29) is 29.1 Å². The smallest absolute Gasteiger partial charge is 0.225 e. The monoisotopic (exact) mass is 341 g/mol. The number of para-hydroxylation sites is 1. The number of allylic oxidation sites excluding steroid dienone is 2. The average molecular weight is 341 g/mol. The Morgan fingerprint density at radius 1 is 1.24 bits per heavy atom. The van der Waals surface area contributed by atoms with Crippen molar-refractivity contribution in [2.24, 2.45) is 5.41 Å². The van der Waals surface area contributed by atoms with Gasteiger partial charge in [-0.15, -0.1) is 0 Å². The van der Waals surface area contributed by atoms with E-state index in [0.717, 1.165) is 35.4 Å². The number of carbonyl (C=O) groups excluding carboxylic acids is 2. The minimum Gasteiger partial charge on any atom is -0.490 e. The van der Waals surface area contributed by atoms with E-state index in [2.05, 4.69) is 26.1 Å². The number of carbonyl (C=O) groups is 2. The number of amides is 1. The topological polar surface area (TPSA) is 55.4 Å². The van der Waals surface area contributed by atoms with E-state index in [0.29, 0.717) is 12.8 Å². The second kappa shape index (κ2) is 6.66. The highest BCUT2D eigenvalue weighted by Gasteiger charge is 2.41. The minimum absolute atomic E-state index is 0.0207. The molecule has 2 aliphatic rings. The van der Waals surface area contributed by atoms with Gasteiger partial charge in [-0.05, 0) is 31.2 Å². The van der Waals surface area contributed by atoms with Gasteiger partial charge in [-0.25, -0.2) is 0 Å². The van der Waals surface area contributed by atoms with Gasteiger partial charge in [0.25, 0.3) is 0 Å². The Hall–Kier alpha value is -2.10. The number of hydrogen-bond donors (Lipinski definition) is 1. The number of ketones is 1. The predicted molar refractivity (Wildman–Crippen MR) is 97.4 cm³/mol. The molecule has 134 valence electrons. The third-order valence-electron chi connectivity index (χ3n) is 5.15. The largest absolute Gasteiger partial charge is 0.490 e. The zero-order valence-corrected chi connectivity index (χ0v) is 15.5. The Kier molecular flexibility index (Phi) is 4.72. The molecule has 2 atom stereocenters. The number of ether oxygens (including phenoxy) is 1. The molecule has 0 radical (unpaired) electrons. The fourth-order valence-electron chi connectivity index (χ4n) is 3.80. The van der Waals surface area contributed by atoms with Crippen molar-refractivity contribution in [3.8, 4) is 5.75 Å². The van der Waals surface area contributed by atoms with Crippen molar-refractivity contribution in [1.82, 2.24) is 5.32 Å². The zero-order valence-electron chi connectivity index (χ0n) is 15.5. The van der Waals surface area contributed by atoms with E-state index in [1.165, 1.54) is 0 Å². The average Bonchev–Trinajstić information content (AvgIpc) is 2.52. The summed E-state index contributed by atoms with van der Waals surface area (Å²) in [6, 6.07) is 7.80. The zero-order chi connectivity index (χ0) is 18.2. The molecule has 1 aliphatic heterocycles. The predicted octanol–water partition coefficient (Wildman–Crippen LogP) is 4.11. The van der Waals surface area contributed by atoms with Crippen LogP contribution in [0.3, 0.4) is 0 Å². The van der Waals surface area contributed by atoms with E-state index >= 15 is 0 Å². The first-order valence-corrected chi connectivity index (χ1v) is 9.12. The van der Waals surface area contributed by atoms with Crippen molar-refractivity contribution in [1.29, 1.82) is 0 Å². The van der Waals surface area contributed by atoms with Crippen molar-refractivity contribution in [3.05, 3.63) is 41.1 Å². The number of benzene rings is 1. The van der Waals surface area contributed by atoms with Crippen molar-refractivity contribution in [2.45, 2.75) is 65.4 Å². The summed E-state index contributed by atoms with van der Waals surface area (Å²) in [5.41, 5.74) is 2.41. The van der Waals surface area contributed by atoms with E-state index in [9.17, 15) is 9.59 Å². The van der Waals surface area contributed by atoms with Crippen LogP contribution in [0.25, 0.3) is 0 Å². The third-order valence-corrected chi connectivity index (χ3v) is 5.15. The summed E-state index contributed by atoms with van der Waals surface area (Å²) in [5.74, 6) is 0.691. The lowest BCUT2D eigenvalue weighted by atomic mass is 9.70. The molecule has 1 aliphatic carbocycles. The molecule has 0 saturated carbocycles. The van der Waals surface area contributed by atoms with E-state index in [4.69, 9.17) is 4.74 Å². The van der Waals surface area contributed by atoms with Gasteiger partial charge < -0.3 is 10.1 Å². The van der Waals surface area contributed by atoms with Crippen molar-refractivity contribution < 1.29 is 14.3 Å². The molecule has 0 aromatic heterocycles. The van der Waals surface area contributed by atoms with Crippen LogP contribution in [0.5, 0.6) is 5.75 Å². The third kappa shape index (κ3) is 3.63. The normalized spacial score (nSPS) is 23.8. The molecule has 4 heteroatoms. The number of rotatable bonds is 4. The number of nitrogens with one attached hydrogen (secondary N) is 1. The Bertz CT molecular complexity index is 732. The molecule has 1 N–H and O–H groups in total. The highest BCUT2D eigenvalue weighted by Crippen LogP contribution is 2.45. The van der Waals surface area contributed by atoms with E-state index in [1.54, 1.807) is 0 Å². The second-order valence-corrected chi connectivity index (χ2v) is 8.01. The van der Waals surface area contributed by atoms with Gasteiger partial charge in [0, 0.05) is 35.6 Å². The molecular formula is C21H27NO3. The minimum atomic E-state index is -0.215. The van der Waals surface area contributed by atoms with E-state index in [1.807, 2.05) is 31.2 Å². The molecule has 1 amide bonds. The van der Waals surface area contributed by atoms with Gasteiger partial charge in [-0.3, -0.25) is 9.59 Å². The summed E-state index contributed by atoms with van der Waals surface area (Å²) < 4.78 is 6.07. The molecule has 25 heavy (non-hydrogen) atoms. The summed E-state index contributed by atoms with van der Waals surface area (Å²) in [7, 11) is 0. The SMILES string of the molecule is CC[C@H](C)Oc1ccccc1[C@@H]1CC(=O)NC2=C1C(=O)CC(C)(C)C2. The summed E-state index contributed by atoms with van der Waals surface area (Å²) in [4.78, 5) is 25.2. The van der Waals surface area contributed by atoms with Crippen LogP contribution in [-0.4, -0.2) is 17.8 Å². The summed E-state index contributed by atoms with van der Waals surface area (Å²) >= 11 is 0. The first kappa shape index (κ1) is 17.7. The molecule has 1 aromatic carbocycles. The maximum absolute atomic E-state index is 12.9. The van der Waals surface area contributed by atoms with Crippen LogP contribution in [0.1, 0.15) is 64.9 Å². The van der Waals surface area contributed by atoms with Crippen LogP contribution < -0.4 is 10.1 Å². The molecule has 1 heterocycles. The first-order chi connectivity index (χ1) is 11.8. The second-order valence-electron chi connectivity index (χ2n) is 8.01. The Morgan fingerprint density at radius 3 is 2.68 bits per heavy atom. The van der Waals surface area contributed by atoms with Gasteiger partial charge in [0.2, 0.25) is 5.91 Å². The lowest BCUT2D eigenvalue weighted by Gasteiger charge is -2.38. The van der Waals surface area contributed by atoms with Gasteiger partial charge in [0.05, 0.1) is 6.10 Å². The fraction of sp³-hybridized carbons (Fsp3) is 0.524. The highest BCUT2D eigenvalue weighted by molar-refractivity contribution is 6.02. The highest BCUT2D eigenvalue weighted by atomic mass is 16.5. The number of Topliss-reactive ketones (excluding diaryl/α,β-unsaturated/α-hetero) is 1. The van der Waals surface area contributed by atoms with Crippen molar-refractivity contribution >= 4 is 11.7 Å². The molecule has 0 saturated heterocycles. The van der Waals surface area contributed by atoms with Gasteiger partial charge in [0.15, 0.2) is 5.78 Å². The molecule has 0 bridgehead atoms.